The second-order valence-corrected chi connectivity index (χ2v) is 6.58. The van der Waals surface area contributed by atoms with Crippen LogP contribution >= 0.6 is 0 Å². The molecule has 30 heavy (non-hydrogen) atoms. The van der Waals surface area contributed by atoms with Gasteiger partial charge in [-0.2, -0.15) is 0 Å². The number of benzene rings is 2. The number of aryl methyl sites for hydroxylation is 1. The molecule has 0 aliphatic rings. The Morgan fingerprint density at radius 3 is 2.23 bits per heavy atom. The van der Waals surface area contributed by atoms with Crippen molar-refractivity contribution in [1.82, 2.24) is 5.32 Å². The number of nitrogens with one attached hydrogen (secondary N) is 1. The quantitative estimate of drug-likeness (QED) is 0.502. The fraction of sp³-hybridized carbons (Fsp3) is 0.304. The fourth-order valence-corrected chi connectivity index (χ4v) is 2.66. The fourth-order valence-electron chi connectivity index (χ4n) is 2.66. The summed E-state index contributed by atoms with van der Waals surface area (Å²) < 4.78 is 21.0. The van der Waals surface area contributed by atoms with Crippen molar-refractivity contribution in [2.24, 2.45) is 0 Å². The van der Waals surface area contributed by atoms with E-state index >= 15 is 0 Å². The van der Waals surface area contributed by atoms with E-state index in [0.29, 0.717) is 11.5 Å². The van der Waals surface area contributed by atoms with Crippen LogP contribution in [0.1, 0.15) is 23.6 Å². The lowest BCUT2D eigenvalue weighted by molar-refractivity contribution is -0.148. The molecule has 0 saturated carbocycles. The molecule has 2 aromatic carbocycles. The number of methoxy groups -OCH3 is 3. The Balaban J connectivity index is 1.89. The van der Waals surface area contributed by atoms with Gasteiger partial charge >= 0.3 is 5.97 Å². The average Bonchev–Trinajstić information content (AvgIpc) is 2.76. The van der Waals surface area contributed by atoms with Gasteiger partial charge in [0.15, 0.2) is 11.5 Å². The summed E-state index contributed by atoms with van der Waals surface area (Å²) >= 11 is 0. The molecule has 0 unspecified atom stereocenters. The molecule has 0 aromatic heterocycles. The van der Waals surface area contributed by atoms with Crippen LogP contribution in [0.3, 0.4) is 0 Å². The van der Waals surface area contributed by atoms with Crippen LogP contribution in [0.5, 0.6) is 17.2 Å². The third-order valence-electron chi connectivity index (χ3n) is 4.47. The molecule has 2 rings (SSSR count). The zero-order valence-corrected chi connectivity index (χ0v) is 17.9. The highest BCUT2D eigenvalue weighted by Crippen LogP contribution is 2.30. The lowest BCUT2D eigenvalue weighted by Crippen LogP contribution is -2.38. The van der Waals surface area contributed by atoms with E-state index in [0.717, 1.165) is 22.4 Å². The first-order chi connectivity index (χ1) is 14.4. The topological polar surface area (TPSA) is 83.1 Å². The van der Waals surface area contributed by atoms with Gasteiger partial charge in [-0.05, 0) is 60.9 Å². The molecule has 1 atom stereocenters. The molecule has 160 valence electrons. The van der Waals surface area contributed by atoms with Crippen LogP contribution in [-0.4, -0.2) is 39.2 Å². The molecule has 2 aromatic rings. The zero-order valence-electron chi connectivity index (χ0n) is 17.9. The first-order valence-electron chi connectivity index (χ1n) is 9.38. The number of esters is 1. The van der Waals surface area contributed by atoms with Gasteiger partial charge in [0.1, 0.15) is 18.4 Å². The smallest absolute Gasteiger partial charge is 0.328 e. The Labute approximate surface area is 176 Å². The second-order valence-electron chi connectivity index (χ2n) is 6.58. The van der Waals surface area contributed by atoms with Gasteiger partial charge in [0.25, 0.3) is 0 Å². The van der Waals surface area contributed by atoms with E-state index in [1.54, 1.807) is 52.5 Å². The number of carbonyl (C=O) groups excluding carboxylic acids is 2. The SMILES string of the molecule is COc1ccc(/C=C/C(=O)N[C@@H](C)C(=O)OCc2cc(OC)c(OC)cc2C)cc1. The predicted octanol–water partition coefficient (Wildman–Crippen LogP) is 3.28. The van der Waals surface area contributed by atoms with Crippen LogP contribution in [0, 0.1) is 6.92 Å². The van der Waals surface area contributed by atoms with Crippen molar-refractivity contribution >= 4 is 18.0 Å². The minimum Gasteiger partial charge on any atom is -0.497 e. The summed E-state index contributed by atoms with van der Waals surface area (Å²) in [4.78, 5) is 24.3. The monoisotopic (exact) mass is 413 g/mol. The molecule has 0 aliphatic carbocycles. The molecule has 0 heterocycles. The Morgan fingerprint density at radius 2 is 1.63 bits per heavy atom. The van der Waals surface area contributed by atoms with E-state index in [-0.39, 0.29) is 6.61 Å². The van der Waals surface area contributed by atoms with Crippen LogP contribution in [0.15, 0.2) is 42.5 Å². The maximum absolute atomic E-state index is 12.3. The predicted molar refractivity (Wildman–Crippen MR) is 114 cm³/mol. The number of carbonyl (C=O) groups is 2. The summed E-state index contributed by atoms with van der Waals surface area (Å²) in [5.74, 6) is 0.971. The van der Waals surface area contributed by atoms with Crippen molar-refractivity contribution in [3.8, 4) is 17.2 Å². The number of hydrogen-bond acceptors (Lipinski definition) is 6. The van der Waals surface area contributed by atoms with Crippen molar-refractivity contribution in [2.45, 2.75) is 26.5 Å². The Kier molecular flexibility index (Phi) is 8.29. The van der Waals surface area contributed by atoms with E-state index < -0.39 is 17.9 Å². The molecule has 0 saturated heterocycles. The zero-order chi connectivity index (χ0) is 22.1. The number of rotatable bonds is 9. The molecule has 1 N–H and O–H groups in total. The third kappa shape index (κ3) is 6.27. The van der Waals surface area contributed by atoms with Crippen molar-refractivity contribution < 1.29 is 28.5 Å². The van der Waals surface area contributed by atoms with Crippen molar-refractivity contribution in [3.05, 3.63) is 59.2 Å². The van der Waals surface area contributed by atoms with E-state index in [2.05, 4.69) is 5.32 Å². The summed E-state index contributed by atoms with van der Waals surface area (Å²) in [5.41, 5.74) is 2.53. The highest BCUT2D eigenvalue weighted by atomic mass is 16.5. The maximum atomic E-state index is 12.3. The van der Waals surface area contributed by atoms with Crippen molar-refractivity contribution in [2.75, 3.05) is 21.3 Å². The van der Waals surface area contributed by atoms with Gasteiger partial charge in [-0.25, -0.2) is 4.79 Å². The van der Waals surface area contributed by atoms with Crippen molar-refractivity contribution in [1.29, 1.82) is 0 Å². The van der Waals surface area contributed by atoms with Gasteiger partial charge in [0.2, 0.25) is 5.91 Å². The summed E-state index contributed by atoms with van der Waals surface area (Å²) in [5, 5.41) is 2.59. The van der Waals surface area contributed by atoms with Crippen LogP contribution < -0.4 is 19.5 Å². The molecule has 0 spiro atoms. The largest absolute Gasteiger partial charge is 0.497 e. The van der Waals surface area contributed by atoms with Crippen LogP contribution in [0.2, 0.25) is 0 Å². The summed E-state index contributed by atoms with van der Waals surface area (Å²) in [7, 11) is 4.69. The van der Waals surface area contributed by atoms with E-state index in [4.69, 9.17) is 18.9 Å². The lowest BCUT2D eigenvalue weighted by atomic mass is 10.1. The van der Waals surface area contributed by atoms with Crippen molar-refractivity contribution in [3.63, 3.8) is 0 Å². The summed E-state index contributed by atoms with van der Waals surface area (Å²) in [6.07, 6.45) is 3.02. The first kappa shape index (κ1) is 22.8. The maximum Gasteiger partial charge on any atom is 0.328 e. The molecule has 7 nitrogen and oxygen atoms in total. The number of amides is 1. The number of ether oxygens (including phenoxy) is 4. The standard InChI is InChI=1S/C23H27NO6/c1-15-12-20(28-4)21(29-5)13-18(15)14-30-23(26)16(2)24-22(25)11-8-17-6-9-19(27-3)10-7-17/h6-13,16H,14H2,1-5H3,(H,24,25)/b11-8+/t16-/m0/s1. The van der Waals surface area contributed by atoms with E-state index in [1.165, 1.54) is 6.08 Å². The average molecular weight is 413 g/mol. The van der Waals surface area contributed by atoms with Gasteiger partial charge in [-0.1, -0.05) is 12.1 Å². The van der Waals surface area contributed by atoms with Gasteiger partial charge in [0, 0.05) is 6.08 Å². The summed E-state index contributed by atoms with van der Waals surface area (Å²) in [6, 6.07) is 10.0. The third-order valence-corrected chi connectivity index (χ3v) is 4.47. The normalized spacial score (nSPS) is 11.6. The second kappa shape index (κ2) is 10.9. The Morgan fingerprint density at radius 1 is 1.00 bits per heavy atom. The van der Waals surface area contributed by atoms with Crippen LogP contribution in [0.25, 0.3) is 6.08 Å². The Bertz CT molecular complexity index is 905. The Hall–Kier alpha value is -3.48. The highest BCUT2D eigenvalue weighted by molar-refractivity contribution is 5.94. The number of hydrogen-bond donors (Lipinski definition) is 1. The molecule has 0 aliphatic heterocycles. The van der Waals surface area contributed by atoms with Gasteiger partial charge in [0.05, 0.1) is 21.3 Å². The van der Waals surface area contributed by atoms with Gasteiger partial charge in [-0.15, -0.1) is 0 Å². The molecule has 0 radical (unpaired) electrons. The van der Waals surface area contributed by atoms with E-state index in [1.807, 2.05) is 25.1 Å². The minimum atomic E-state index is -0.793. The minimum absolute atomic E-state index is 0.0624. The first-order valence-corrected chi connectivity index (χ1v) is 9.38. The van der Waals surface area contributed by atoms with Crippen LogP contribution in [0.4, 0.5) is 0 Å². The van der Waals surface area contributed by atoms with Gasteiger partial charge in [-0.3, -0.25) is 4.79 Å². The molecule has 1 amide bonds. The van der Waals surface area contributed by atoms with Crippen LogP contribution in [-0.2, 0) is 20.9 Å². The molecular weight excluding hydrogens is 386 g/mol. The molecule has 7 heteroatoms. The highest BCUT2D eigenvalue weighted by Gasteiger charge is 2.17. The molecule has 0 bridgehead atoms. The van der Waals surface area contributed by atoms with E-state index in [9.17, 15) is 9.59 Å². The molecule has 0 fully saturated rings. The summed E-state index contributed by atoms with van der Waals surface area (Å²) in [6.45, 7) is 3.52. The lowest BCUT2D eigenvalue weighted by Gasteiger charge is -2.15. The van der Waals surface area contributed by atoms with Gasteiger partial charge < -0.3 is 24.3 Å². The molecular formula is C23H27NO6.